The van der Waals surface area contributed by atoms with Crippen LogP contribution in [0.25, 0.3) is 0 Å². The summed E-state index contributed by atoms with van der Waals surface area (Å²) in [5.74, 6) is -0.298. The van der Waals surface area contributed by atoms with E-state index >= 15 is 0 Å². The molecule has 0 fully saturated rings. The molecule has 0 unspecified atom stereocenters. The van der Waals surface area contributed by atoms with Crippen molar-refractivity contribution in [1.82, 2.24) is 5.43 Å². The molecule has 7 nitrogen and oxygen atoms in total. The number of amidine groups is 1. The average molecular weight is 363 g/mol. The maximum absolute atomic E-state index is 14.4. The summed E-state index contributed by atoms with van der Waals surface area (Å²) in [6.07, 6.45) is 1.12. The number of thioether (sulfide) groups is 1. The van der Waals surface area contributed by atoms with Crippen LogP contribution in [0.4, 0.5) is 10.1 Å². The van der Waals surface area contributed by atoms with Crippen LogP contribution in [0.15, 0.2) is 28.3 Å². The third-order valence-corrected chi connectivity index (χ3v) is 4.96. The van der Waals surface area contributed by atoms with Gasteiger partial charge in [0.2, 0.25) is 5.91 Å². The third kappa shape index (κ3) is 3.81. The Labute approximate surface area is 148 Å². The molecule has 3 rings (SSSR count). The number of nitrogens with zero attached hydrogens (tertiary/aromatic N) is 2. The number of hydrogen-bond acceptors (Lipinski definition) is 6. The van der Waals surface area contributed by atoms with Gasteiger partial charge in [-0.05, 0) is 31.5 Å². The van der Waals surface area contributed by atoms with Crippen LogP contribution in [-0.2, 0) is 15.1 Å². The van der Waals surface area contributed by atoms with Gasteiger partial charge in [0.1, 0.15) is 11.5 Å². The van der Waals surface area contributed by atoms with Gasteiger partial charge in [0, 0.05) is 29.8 Å². The summed E-state index contributed by atoms with van der Waals surface area (Å²) < 4.78 is 14.4. The third-order valence-electron chi connectivity index (χ3n) is 4.17. The quantitative estimate of drug-likeness (QED) is 0.759. The molecule has 2 amide bonds. The highest BCUT2D eigenvalue weighted by Crippen LogP contribution is 2.37. The summed E-state index contributed by atoms with van der Waals surface area (Å²) in [4.78, 5) is 27.7. The zero-order valence-corrected chi connectivity index (χ0v) is 14.5. The smallest absolute Gasteiger partial charge is 0.271 e. The first-order valence-electron chi connectivity index (χ1n) is 7.82. The van der Waals surface area contributed by atoms with Gasteiger partial charge in [-0.15, -0.1) is 0 Å². The van der Waals surface area contributed by atoms with Crippen LogP contribution < -0.4 is 16.5 Å². The second-order valence-electron chi connectivity index (χ2n) is 6.06. The fourth-order valence-corrected chi connectivity index (χ4v) is 3.71. The van der Waals surface area contributed by atoms with Gasteiger partial charge in [-0.25, -0.2) is 9.82 Å². The minimum absolute atomic E-state index is 0.213. The topological polar surface area (TPSA) is 109 Å². The predicted octanol–water partition coefficient (Wildman–Crippen LogP) is 1.70. The van der Waals surface area contributed by atoms with Gasteiger partial charge in [0.15, 0.2) is 5.17 Å². The highest BCUT2D eigenvalue weighted by molar-refractivity contribution is 8.13. The summed E-state index contributed by atoms with van der Waals surface area (Å²) in [6.45, 7) is 1.82. The first kappa shape index (κ1) is 17.4. The van der Waals surface area contributed by atoms with E-state index in [2.05, 4.69) is 20.8 Å². The van der Waals surface area contributed by atoms with Crippen LogP contribution in [0.3, 0.4) is 0 Å². The molecule has 0 saturated heterocycles. The first-order valence-corrected chi connectivity index (χ1v) is 8.81. The Morgan fingerprint density at radius 2 is 2.24 bits per heavy atom. The summed E-state index contributed by atoms with van der Waals surface area (Å²) in [6, 6.07) is 4.35. The number of anilines is 1. The lowest BCUT2D eigenvalue weighted by atomic mass is 9.89. The lowest BCUT2D eigenvalue weighted by Crippen LogP contribution is -2.33. The molecule has 0 spiro atoms. The Balaban J connectivity index is 1.83. The van der Waals surface area contributed by atoms with E-state index in [1.807, 2.05) is 6.92 Å². The van der Waals surface area contributed by atoms with Crippen LogP contribution in [0.2, 0.25) is 0 Å². The Hall–Kier alpha value is -2.42. The fraction of sp³-hybridized carbons (Fsp3) is 0.375. The van der Waals surface area contributed by atoms with Crippen LogP contribution in [0, 0.1) is 5.82 Å². The molecule has 1 aromatic rings. The predicted molar refractivity (Wildman–Crippen MR) is 95.9 cm³/mol. The first-order chi connectivity index (χ1) is 11.9. The summed E-state index contributed by atoms with van der Waals surface area (Å²) in [5, 5.41) is 6.86. The minimum atomic E-state index is -0.767. The highest BCUT2D eigenvalue weighted by Gasteiger charge is 2.32. The normalized spacial score (nSPS) is 23.4. The van der Waals surface area contributed by atoms with Crippen LogP contribution in [-0.4, -0.2) is 28.4 Å². The van der Waals surface area contributed by atoms with Gasteiger partial charge < -0.3 is 11.1 Å². The number of nitrogens with two attached hydrogens (primary N) is 1. The fourth-order valence-electron chi connectivity index (χ4n) is 2.74. The number of halogens is 1. The van der Waals surface area contributed by atoms with Crippen molar-refractivity contribution in [1.29, 1.82) is 0 Å². The van der Waals surface area contributed by atoms with Crippen molar-refractivity contribution < 1.29 is 14.0 Å². The van der Waals surface area contributed by atoms with E-state index in [1.54, 1.807) is 6.07 Å². The van der Waals surface area contributed by atoms with E-state index in [0.29, 0.717) is 22.8 Å². The van der Waals surface area contributed by atoms with Crippen molar-refractivity contribution in [2.24, 2.45) is 15.8 Å². The standard InChI is InChI=1S/C16H18FN5O2S/c1-16(6-7-25-15(18)20-16)10-8-9(2-3-11(10)17)19-14(24)12-4-5-13(23)22-21-12/h2-3,8H,4-7H2,1H3,(H2,18,20)(H,19,24)(H,22,23)/t16-/m0/s1. The molecular weight excluding hydrogens is 345 g/mol. The zero-order chi connectivity index (χ0) is 18.0. The van der Waals surface area contributed by atoms with E-state index in [0.717, 1.165) is 5.75 Å². The number of nitrogens with one attached hydrogen (secondary N) is 2. The average Bonchev–Trinajstić information content (AvgIpc) is 2.57. The summed E-state index contributed by atoms with van der Waals surface area (Å²) in [7, 11) is 0. The van der Waals surface area contributed by atoms with Gasteiger partial charge in [-0.2, -0.15) is 5.10 Å². The Morgan fingerprint density at radius 1 is 1.44 bits per heavy atom. The van der Waals surface area contributed by atoms with Crippen LogP contribution >= 0.6 is 11.8 Å². The molecule has 0 bridgehead atoms. The van der Waals surface area contributed by atoms with Gasteiger partial charge in [-0.1, -0.05) is 11.8 Å². The van der Waals surface area contributed by atoms with E-state index in [9.17, 15) is 14.0 Å². The van der Waals surface area contributed by atoms with Crippen molar-refractivity contribution in [2.45, 2.75) is 31.7 Å². The SMILES string of the molecule is C[C@@]1(c2cc(NC(=O)C3=NNC(=O)CC3)ccc2F)CCSC(N)=N1. The maximum Gasteiger partial charge on any atom is 0.271 e. The zero-order valence-electron chi connectivity index (χ0n) is 13.6. The molecule has 2 aliphatic rings. The van der Waals surface area contributed by atoms with E-state index in [-0.39, 0.29) is 24.5 Å². The Morgan fingerprint density at radius 3 is 2.92 bits per heavy atom. The molecule has 2 aliphatic heterocycles. The lowest BCUT2D eigenvalue weighted by molar-refractivity contribution is -0.121. The molecule has 0 aromatic heterocycles. The van der Waals surface area contributed by atoms with E-state index in [1.165, 1.54) is 23.9 Å². The van der Waals surface area contributed by atoms with Crippen molar-refractivity contribution in [2.75, 3.05) is 11.1 Å². The number of carbonyl (C=O) groups is 2. The monoisotopic (exact) mass is 363 g/mol. The van der Waals surface area contributed by atoms with E-state index < -0.39 is 17.3 Å². The number of benzene rings is 1. The van der Waals surface area contributed by atoms with Gasteiger partial charge in [-0.3, -0.25) is 14.6 Å². The molecule has 2 heterocycles. The molecule has 0 aliphatic carbocycles. The maximum atomic E-state index is 14.4. The number of amides is 2. The van der Waals surface area contributed by atoms with Gasteiger partial charge in [0.05, 0.1) is 5.54 Å². The van der Waals surface area contributed by atoms with Gasteiger partial charge in [0.25, 0.3) is 5.91 Å². The Kier molecular flexibility index (Phi) is 4.76. The lowest BCUT2D eigenvalue weighted by Gasteiger charge is -2.30. The van der Waals surface area contributed by atoms with Crippen molar-refractivity contribution in [3.63, 3.8) is 0 Å². The minimum Gasteiger partial charge on any atom is -0.379 e. The summed E-state index contributed by atoms with van der Waals surface area (Å²) in [5.41, 5.74) is 8.36. The number of aliphatic imine (C=N–C) groups is 1. The van der Waals surface area contributed by atoms with Crippen molar-refractivity contribution >= 4 is 40.1 Å². The summed E-state index contributed by atoms with van der Waals surface area (Å²) >= 11 is 1.44. The number of carbonyl (C=O) groups excluding carboxylic acids is 2. The molecule has 0 radical (unpaired) electrons. The van der Waals surface area contributed by atoms with E-state index in [4.69, 9.17) is 5.73 Å². The molecule has 132 valence electrons. The number of rotatable bonds is 3. The number of hydrazone groups is 1. The van der Waals surface area contributed by atoms with Gasteiger partial charge >= 0.3 is 0 Å². The molecule has 0 saturated carbocycles. The molecule has 1 aromatic carbocycles. The second kappa shape index (κ2) is 6.83. The largest absolute Gasteiger partial charge is 0.379 e. The highest BCUT2D eigenvalue weighted by atomic mass is 32.2. The van der Waals surface area contributed by atoms with Crippen LogP contribution in [0.1, 0.15) is 31.7 Å². The number of hydrogen-bond donors (Lipinski definition) is 3. The molecule has 25 heavy (non-hydrogen) atoms. The van der Waals surface area contributed by atoms with Crippen LogP contribution in [0.5, 0.6) is 0 Å². The second-order valence-corrected chi connectivity index (χ2v) is 7.18. The molecule has 9 heteroatoms. The molecular formula is C16H18FN5O2S. The Bertz CT molecular complexity index is 795. The van der Waals surface area contributed by atoms with Crippen molar-refractivity contribution in [3.8, 4) is 0 Å². The van der Waals surface area contributed by atoms with Crippen molar-refractivity contribution in [3.05, 3.63) is 29.6 Å². The molecule has 1 atom stereocenters. The molecule has 4 N–H and O–H groups in total.